The third-order valence-electron chi connectivity index (χ3n) is 2.91. The van der Waals surface area contributed by atoms with Crippen LogP contribution in [0.15, 0.2) is 53.0 Å². The summed E-state index contributed by atoms with van der Waals surface area (Å²) in [5.41, 5.74) is 1.66. The second kappa shape index (κ2) is 7.90. The van der Waals surface area contributed by atoms with E-state index in [4.69, 9.17) is 0 Å². The molecule has 0 aliphatic heterocycles. The van der Waals surface area contributed by atoms with Crippen molar-refractivity contribution in [1.82, 2.24) is 5.32 Å². The second-order valence-corrected chi connectivity index (χ2v) is 5.44. The summed E-state index contributed by atoms with van der Waals surface area (Å²) in [7, 11) is 0. The number of amides is 1. The van der Waals surface area contributed by atoms with E-state index in [1.807, 2.05) is 30.3 Å². The van der Waals surface area contributed by atoms with Crippen LogP contribution in [0.4, 0.5) is 10.1 Å². The Kier molecular flexibility index (Phi) is 5.90. The molecule has 21 heavy (non-hydrogen) atoms. The van der Waals surface area contributed by atoms with Crippen LogP contribution in [0.2, 0.25) is 0 Å². The van der Waals surface area contributed by atoms with Crippen molar-refractivity contribution in [2.24, 2.45) is 0 Å². The third-order valence-corrected chi connectivity index (χ3v) is 3.60. The molecule has 0 aliphatic carbocycles. The molecule has 0 aromatic heterocycles. The van der Waals surface area contributed by atoms with Crippen molar-refractivity contribution in [1.29, 1.82) is 0 Å². The molecule has 0 fully saturated rings. The van der Waals surface area contributed by atoms with E-state index >= 15 is 0 Å². The lowest BCUT2D eigenvalue weighted by Gasteiger charge is -2.08. The van der Waals surface area contributed by atoms with E-state index in [0.717, 1.165) is 15.7 Å². The lowest BCUT2D eigenvalue weighted by molar-refractivity contribution is -0.115. The van der Waals surface area contributed by atoms with E-state index in [-0.39, 0.29) is 18.3 Å². The first-order valence-corrected chi connectivity index (χ1v) is 7.44. The van der Waals surface area contributed by atoms with E-state index in [9.17, 15) is 9.18 Å². The highest BCUT2D eigenvalue weighted by Crippen LogP contribution is 2.20. The average molecular weight is 351 g/mol. The molecule has 0 saturated carbocycles. The van der Waals surface area contributed by atoms with Gasteiger partial charge in [0.1, 0.15) is 5.82 Å². The molecule has 3 nitrogen and oxygen atoms in total. The van der Waals surface area contributed by atoms with Gasteiger partial charge >= 0.3 is 0 Å². The van der Waals surface area contributed by atoms with Crippen LogP contribution in [-0.4, -0.2) is 19.0 Å². The van der Waals surface area contributed by atoms with Crippen molar-refractivity contribution in [2.75, 3.05) is 18.4 Å². The zero-order chi connectivity index (χ0) is 15.1. The van der Waals surface area contributed by atoms with Gasteiger partial charge in [-0.25, -0.2) is 4.39 Å². The fourth-order valence-corrected chi connectivity index (χ4v) is 2.27. The van der Waals surface area contributed by atoms with Crippen LogP contribution >= 0.6 is 15.9 Å². The predicted octanol–water partition coefficient (Wildman–Crippen LogP) is 3.36. The number of halogens is 2. The Bertz CT molecular complexity index is 619. The number of anilines is 1. The number of carbonyl (C=O) groups is 1. The quantitative estimate of drug-likeness (QED) is 0.784. The number of hydrogen-bond donors (Lipinski definition) is 2. The third kappa shape index (κ3) is 5.28. The Hall–Kier alpha value is -1.72. The van der Waals surface area contributed by atoms with Gasteiger partial charge in [0, 0.05) is 4.47 Å². The Labute approximate surface area is 131 Å². The van der Waals surface area contributed by atoms with Crippen molar-refractivity contribution in [3.63, 3.8) is 0 Å². The molecule has 0 bridgehead atoms. The van der Waals surface area contributed by atoms with Gasteiger partial charge in [0.05, 0.1) is 12.2 Å². The van der Waals surface area contributed by atoms with Crippen LogP contribution in [0.5, 0.6) is 0 Å². The fraction of sp³-hybridized carbons (Fsp3) is 0.188. The number of carbonyl (C=O) groups excluding carboxylic acids is 1. The monoisotopic (exact) mass is 350 g/mol. The van der Waals surface area contributed by atoms with Gasteiger partial charge in [-0.15, -0.1) is 0 Å². The van der Waals surface area contributed by atoms with Crippen molar-refractivity contribution in [3.8, 4) is 0 Å². The summed E-state index contributed by atoms with van der Waals surface area (Å²) in [5, 5.41) is 5.85. The van der Waals surface area contributed by atoms with E-state index < -0.39 is 0 Å². The standard InChI is InChI=1S/C16H16BrFN2O/c17-14-6-1-2-7-15(14)20-16(21)11-19-9-8-12-4-3-5-13(18)10-12/h1-7,10,19H,8-9,11H2,(H,20,21). The van der Waals surface area contributed by atoms with Gasteiger partial charge < -0.3 is 10.6 Å². The maximum Gasteiger partial charge on any atom is 0.238 e. The minimum Gasteiger partial charge on any atom is -0.324 e. The second-order valence-electron chi connectivity index (χ2n) is 4.58. The van der Waals surface area contributed by atoms with Gasteiger partial charge in [0.2, 0.25) is 5.91 Å². The van der Waals surface area contributed by atoms with E-state index in [1.165, 1.54) is 12.1 Å². The topological polar surface area (TPSA) is 41.1 Å². The lowest BCUT2D eigenvalue weighted by atomic mass is 10.1. The van der Waals surface area contributed by atoms with Crippen LogP contribution in [0, 0.1) is 5.82 Å². The van der Waals surface area contributed by atoms with Gasteiger partial charge in [-0.2, -0.15) is 0 Å². The molecule has 0 saturated heterocycles. The molecular weight excluding hydrogens is 335 g/mol. The highest BCUT2D eigenvalue weighted by molar-refractivity contribution is 9.10. The molecule has 2 aromatic carbocycles. The smallest absolute Gasteiger partial charge is 0.238 e. The summed E-state index contributed by atoms with van der Waals surface area (Å²) in [5.74, 6) is -0.347. The summed E-state index contributed by atoms with van der Waals surface area (Å²) < 4.78 is 13.8. The molecule has 0 unspecified atom stereocenters. The molecule has 0 heterocycles. The largest absolute Gasteiger partial charge is 0.324 e. The molecule has 0 atom stereocenters. The molecule has 2 N–H and O–H groups in total. The maximum atomic E-state index is 13.0. The van der Waals surface area contributed by atoms with Crippen LogP contribution in [-0.2, 0) is 11.2 Å². The zero-order valence-corrected chi connectivity index (χ0v) is 13.0. The molecule has 5 heteroatoms. The summed E-state index contributed by atoms with van der Waals surface area (Å²) in [4.78, 5) is 11.8. The van der Waals surface area contributed by atoms with Crippen LogP contribution in [0.25, 0.3) is 0 Å². The van der Waals surface area contributed by atoms with Crippen molar-refractivity contribution in [3.05, 3.63) is 64.4 Å². The molecule has 2 aromatic rings. The molecular formula is C16H16BrFN2O. The number of nitrogens with one attached hydrogen (secondary N) is 2. The van der Waals surface area contributed by atoms with Gasteiger partial charge in [-0.1, -0.05) is 24.3 Å². The number of para-hydroxylation sites is 1. The maximum absolute atomic E-state index is 13.0. The van der Waals surface area contributed by atoms with E-state index in [2.05, 4.69) is 26.6 Å². The van der Waals surface area contributed by atoms with Gasteiger partial charge in [0.25, 0.3) is 0 Å². The predicted molar refractivity (Wildman–Crippen MR) is 85.7 cm³/mol. The molecule has 1 amide bonds. The molecule has 2 rings (SSSR count). The summed E-state index contributed by atoms with van der Waals surface area (Å²) >= 11 is 3.37. The zero-order valence-electron chi connectivity index (χ0n) is 11.4. The van der Waals surface area contributed by atoms with Gasteiger partial charge in [0.15, 0.2) is 0 Å². The van der Waals surface area contributed by atoms with Crippen LogP contribution in [0.3, 0.4) is 0 Å². The lowest BCUT2D eigenvalue weighted by Crippen LogP contribution is -2.29. The molecule has 0 radical (unpaired) electrons. The highest BCUT2D eigenvalue weighted by Gasteiger charge is 2.04. The fourth-order valence-electron chi connectivity index (χ4n) is 1.88. The highest BCUT2D eigenvalue weighted by atomic mass is 79.9. The van der Waals surface area contributed by atoms with Crippen LogP contribution in [0.1, 0.15) is 5.56 Å². The SMILES string of the molecule is O=C(CNCCc1cccc(F)c1)Nc1ccccc1Br. The Morgan fingerprint density at radius 2 is 1.95 bits per heavy atom. The van der Waals surface area contributed by atoms with Gasteiger partial charge in [-0.3, -0.25) is 4.79 Å². The Balaban J connectivity index is 1.71. The molecule has 0 spiro atoms. The first kappa shape index (κ1) is 15.7. The minimum absolute atomic E-state index is 0.110. The number of rotatable bonds is 6. The summed E-state index contributed by atoms with van der Waals surface area (Å²) in [6, 6.07) is 13.9. The van der Waals surface area contributed by atoms with Crippen molar-refractivity contribution < 1.29 is 9.18 Å². The molecule has 110 valence electrons. The Morgan fingerprint density at radius 1 is 1.14 bits per heavy atom. The number of hydrogen-bond acceptors (Lipinski definition) is 2. The van der Waals surface area contributed by atoms with Gasteiger partial charge in [-0.05, 0) is 58.7 Å². The average Bonchev–Trinajstić information content (AvgIpc) is 2.46. The van der Waals surface area contributed by atoms with Crippen LogP contribution < -0.4 is 10.6 Å². The first-order valence-electron chi connectivity index (χ1n) is 6.65. The van der Waals surface area contributed by atoms with E-state index in [0.29, 0.717) is 13.0 Å². The first-order chi connectivity index (χ1) is 10.1. The normalized spacial score (nSPS) is 10.4. The van der Waals surface area contributed by atoms with Crippen molar-refractivity contribution >= 4 is 27.5 Å². The Morgan fingerprint density at radius 3 is 2.71 bits per heavy atom. The number of benzene rings is 2. The van der Waals surface area contributed by atoms with Crippen molar-refractivity contribution in [2.45, 2.75) is 6.42 Å². The summed E-state index contributed by atoms with van der Waals surface area (Å²) in [6.07, 6.45) is 0.681. The summed E-state index contributed by atoms with van der Waals surface area (Å²) in [6.45, 7) is 0.837. The minimum atomic E-state index is -0.237. The molecule has 0 aliphatic rings. The van der Waals surface area contributed by atoms with E-state index in [1.54, 1.807) is 6.07 Å².